The summed E-state index contributed by atoms with van der Waals surface area (Å²) in [5.41, 5.74) is 2.88. The third kappa shape index (κ3) is 1.60. The lowest BCUT2D eigenvalue weighted by atomic mass is 10.2. The second kappa shape index (κ2) is 3.81. The van der Waals surface area contributed by atoms with E-state index in [-0.39, 0.29) is 0 Å². The number of para-hydroxylation sites is 1. The minimum Gasteiger partial charge on any atom is -0.423 e. The van der Waals surface area contributed by atoms with Crippen molar-refractivity contribution in [2.24, 2.45) is 0 Å². The Morgan fingerprint density at radius 2 is 2.21 bits per heavy atom. The molecule has 0 unspecified atom stereocenters. The highest BCUT2D eigenvalue weighted by molar-refractivity contribution is 5.77. The van der Waals surface area contributed by atoms with Gasteiger partial charge in [0.05, 0.1) is 13.1 Å². The van der Waals surface area contributed by atoms with Gasteiger partial charge in [0.2, 0.25) is 0 Å². The van der Waals surface area contributed by atoms with Gasteiger partial charge in [0, 0.05) is 6.54 Å². The first-order valence-electron chi connectivity index (χ1n) is 6.29. The topological polar surface area (TPSA) is 60.0 Å². The van der Waals surface area contributed by atoms with Gasteiger partial charge >= 0.3 is 0 Å². The van der Waals surface area contributed by atoms with Crippen LogP contribution in [0.5, 0.6) is 0 Å². The van der Waals surface area contributed by atoms with Gasteiger partial charge in [-0.3, -0.25) is 0 Å². The van der Waals surface area contributed by atoms with E-state index >= 15 is 0 Å². The molecular weight excluding hydrogens is 242 g/mol. The third-order valence-corrected chi connectivity index (χ3v) is 3.48. The molecule has 0 aliphatic carbocycles. The van der Waals surface area contributed by atoms with Crippen molar-refractivity contribution in [2.45, 2.75) is 20.0 Å². The molecule has 0 fully saturated rings. The van der Waals surface area contributed by atoms with E-state index in [9.17, 15) is 0 Å². The number of benzene rings is 1. The van der Waals surface area contributed by atoms with Crippen LogP contribution in [-0.2, 0) is 13.1 Å². The van der Waals surface area contributed by atoms with Crippen LogP contribution in [-0.4, -0.2) is 26.3 Å². The highest BCUT2D eigenvalue weighted by Gasteiger charge is 2.22. The van der Waals surface area contributed by atoms with Crippen LogP contribution >= 0.6 is 0 Å². The second-order valence-corrected chi connectivity index (χ2v) is 4.74. The predicted molar refractivity (Wildman–Crippen MR) is 69.8 cm³/mol. The van der Waals surface area contributed by atoms with Gasteiger partial charge in [-0.15, -0.1) is 0 Å². The molecule has 0 N–H and O–H groups in total. The quantitative estimate of drug-likeness (QED) is 0.663. The fourth-order valence-electron chi connectivity index (χ4n) is 2.44. The number of oxazole rings is 1. The largest absolute Gasteiger partial charge is 0.423 e. The van der Waals surface area contributed by atoms with Crippen LogP contribution in [0.15, 0.2) is 28.9 Å². The van der Waals surface area contributed by atoms with Crippen molar-refractivity contribution >= 4 is 17.1 Å². The molecule has 19 heavy (non-hydrogen) atoms. The van der Waals surface area contributed by atoms with Crippen LogP contribution in [0.1, 0.15) is 11.4 Å². The Balaban J connectivity index is 1.74. The van der Waals surface area contributed by atoms with Gasteiger partial charge in [0.15, 0.2) is 5.58 Å². The number of fused-ring (bicyclic) bond motifs is 2. The molecule has 96 valence electrons. The number of hydrogen-bond donors (Lipinski definition) is 0. The highest BCUT2D eigenvalue weighted by Crippen LogP contribution is 2.26. The molecule has 0 spiro atoms. The first kappa shape index (κ1) is 10.5. The molecule has 0 radical (unpaired) electrons. The van der Waals surface area contributed by atoms with Crippen LogP contribution < -0.4 is 4.90 Å². The summed E-state index contributed by atoms with van der Waals surface area (Å²) in [6, 6.07) is 6.67. The monoisotopic (exact) mass is 255 g/mol. The Morgan fingerprint density at radius 3 is 3.11 bits per heavy atom. The van der Waals surface area contributed by atoms with E-state index in [1.54, 1.807) is 6.33 Å². The standard InChI is InChI=1S/C13H13N5O/c1-9-3-2-4-10-12(9)19-13(16-10)17-5-6-18-11(7-17)14-8-15-18/h2-4,8H,5-7H2,1H3. The zero-order valence-corrected chi connectivity index (χ0v) is 10.6. The van der Waals surface area contributed by atoms with Crippen molar-refractivity contribution in [2.75, 3.05) is 11.4 Å². The highest BCUT2D eigenvalue weighted by atomic mass is 16.4. The molecule has 0 saturated heterocycles. The van der Waals surface area contributed by atoms with Crippen molar-refractivity contribution in [1.29, 1.82) is 0 Å². The van der Waals surface area contributed by atoms with Gasteiger partial charge in [-0.2, -0.15) is 10.1 Å². The molecule has 0 saturated carbocycles. The van der Waals surface area contributed by atoms with E-state index in [0.717, 1.165) is 35.6 Å². The predicted octanol–water partition coefficient (Wildman–Crippen LogP) is 1.75. The molecule has 3 heterocycles. The summed E-state index contributed by atoms with van der Waals surface area (Å²) < 4.78 is 7.81. The number of aromatic nitrogens is 4. The van der Waals surface area contributed by atoms with E-state index in [0.29, 0.717) is 12.6 Å². The number of anilines is 1. The van der Waals surface area contributed by atoms with Crippen LogP contribution in [0, 0.1) is 6.92 Å². The zero-order chi connectivity index (χ0) is 12.8. The average molecular weight is 255 g/mol. The van der Waals surface area contributed by atoms with Crippen molar-refractivity contribution in [3.05, 3.63) is 35.9 Å². The smallest absolute Gasteiger partial charge is 0.298 e. The van der Waals surface area contributed by atoms with Crippen LogP contribution in [0.3, 0.4) is 0 Å². The second-order valence-electron chi connectivity index (χ2n) is 4.74. The molecule has 4 rings (SSSR count). The fourth-order valence-corrected chi connectivity index (χ4v) is 2.44. The molecule has 0 amide bonds. The first-order valence-corrected chi connectivity index (χ1v) is 6.29. The molecule has 1 aromatic carbocycles. The summed E-state index contributed by atoms with van der Waals surface area (Å²) in [6.45, 7) is 4.37. The normalized spacial score (nSPS) is 14.9. The fraction of sp³-hybridized carbons (Fsp3) is 0.308. The summed E-state index contributed by atoms with van der Waals surface area (Å²) in [5, 5.41) is 4.17. The molecule has 0 atom stereocenters. The molecule has 3 aromatic rings. The summed E-state index contributed by atoms with van der Waals surface area (Å²) >= 11 is 0. The lowest BCUT2D eigenvalue weighted by Gasteiger charge is -2.24. The Bertz CT molecular complexity index is 744. The summed E-state index contributed by atoms with van der Waals surface area (Å²) in [5.74, 6) is 0.949. The Hall–Kier alpha value is -2.37. The SMILES string of the molecule is Cc1cccc2nc(N3CCn4ncnc4C3)oc12. The summed E-state index contributed by atoms with van der Waals surface area (Å²) in [7, 11) is 0. The van der Waals surface area contributed by atoms with Gasteiger partial charge in [-0.05, 0) is 18.6 Å². The van der Waals surface area contributed by atoms with Crippen LogP contribution in [0.4, 0.5) is 6.01 Å². The van der Waals surface area contributed by atoms with E-state index in [1.165, 1.54) is 0 Å². The van der Waals surface area contributed by atoms with Crippen LogP contribution in [0.25, 0.3) is 11.1 Å². The number of rotatable bonds is 1. The van der Waals surface area contributed by atoms with Gasteiger partial charge in [0.25, 0.3) is 6.01 Å². The minimum atomic E-state index is 0.665. The maximum atomic E-state index is 5.89. The van der Waals surface area contributed by atoms with Crippen molar-refractivity contribution < 1.29 is 4.42 Å². The van der Waals surface area contributed by atoms with E-state index in [4.69, 9.17) is 4.42 Å². The molecule has 2 aromatic heterocycles. The van der Waals surface area contributed by atoms with Crippen molar-refractivity contribution in [1.82, 2.24) is 19.7 Å². The van der Waals surface area contributed by atoms with Crippen molar-refractivity contribution in [3.8, 4) is 0 Å². The van der Waals surface area contributed by atoms with Crippen molar-refractivity contribution in [3.63, 3.8) is 0 Å². The molecule has 6 heteroatoms. The minimum absolute atomic E-state index is 0.665. The third-order valence-electron chi connectivity index (χ3n) is 3.48. The maximum Gasteiger partial charge on any atom is 0.298 e. The molecular formula is C13H13N5O. The van der Waals surface area contributed by atoms with E-state index in [1.807, 2.05) is 29.8 Å². The molecule has 6 nitrogen and oxygen atoms in total. The van der Waals surface area contributed by atoms with Gasteiger partial charge < -0.3 is 9.32 Å². The summed E-state index contributed by atoms with van der Waals surface area (Å²) in [4.78, 5) is 10.9. The van der Waals surface area contributed by atoms with Gasteiger partial charge in [-0.25, -0.2) is 9.67 Å². The van der Waals surface area contributed by atoms with E-state index < -0.39 is 0 Å². The van der Waals surface area contributed by atoms with E-state index in [2.05, 4.69) is 20.0 Å². The lowest BCUT2D eigenvalue weighted by Crippen LogP contribution is -2.34. The Kier molecular flexibility index (Phi) is 2.11. The number of nitrogens with zero attached hydrogens (tertiary/aromatic N) is 5. The zero-order valence-electron chi connectivity index (χ0n) is 10.6. The summed E-state index contributed by atoms with van der Waals surface area (Å²) in [6.07, 6.45) is 1.59. The maximum absolute atomic E-state index is 5.89. The van der Waals surface area contributed by atoms with Crippen LogP contribution in [0.2, 0.25) is 0 Å². The first-order chi connectivity index (χ1) is 9.31. The van der Waals surface area contributed by atoms with Gasteiger partial charge in [-0.1, -0.05) is 12.1 Å². The average Bonchev–Trinajstić information content (AvgIpc) is 3.04. The number of aryl methyl sites for hydroxylation is 1. The van der Waals surface area contributed by atoms with Gasteiger partial charge in [0.1, 0.15) is 17.7 Å². The molecule has 1 aliphatic heterocycles. The Morgan fingerprint density at radius 1 is 1.26 bits per heavy atom. The molecule has 0 bridgehead atoms. The lowest BCUT2D eigenvalue weighted by molar-refractivity contribution is 0.474. The number of hydrogen-bond acceptors (Lipinski definition) is 5. The Labute approximate surface area is 109 Å². The molecule has 1 aliphatic rings.